The lowest BCUT2D eigenvalue weighted by molar-refractivity contribution is -0.162. The molecule has 0 N–H and O–H groups in total. The molecule has 1 saturated carbocycles. The van der Waals surface area contributed by atoms with E-state index in [2.05, 4.69) is 69.3 Å². The molecule has 2 aromatic rings. The van der Waals surface area contributed by atoms with E-state index >= 15 is 4.39 Å². The number of alkyl halides is 1. The van der Waals surface area contributed by atoms with Gasteiger partial charge in [0.15, 0.2) is 0 Å². The molecule has 3 nitrogen and oxygen atoms in total. The van der Waals surface area contributed by atoms with Gasteiger partial charge in [0.2, 0.25) is 0 Å². The number of rotatable bonds is 6. The number of hydrogen-bond donors (Lipinski definition) is 0. The average molecular weight is 454 g/mol. The molecule has 172 valence electrons. The van der Waals surface area contributed by atoms with Crippen LogP contribution in [-0.2, 0) is 13.9 Å². The van der Waals surface area contributed by atoms with Crippen molar-refractivity contribution < 1.29 is 18.3 Å². The van der Waals surface area contributed by atoms with Crippen molar-refractivity contribution in [3.05, 3.63) is 60.7 Å². The molecule has 1 unspecified atom stereocenters. The van der Waals surface area contributed by atoms with Crippen LogP contribution in [0.4, 0.5) is 4.39 Å². The second-order valence-corrected chi connectivity index (χ2v) is 15.4. The van der Waals surface area contributed by atoms with Gasteiger partial charge in [-0.15, -0.1) is 0 Å². The van der Waals surface area contributed by atoms with Crippen LogP contribution in [-0.4, -0.2) is 53.8 Å². The third-order valence-electron chi connectivity index (χ3n) is 7.85. The SMILES string of the molecule is B[C@@H]1O[C@@]2(CO[Si](c3ccccc3)(c3ccccc3)C(C)(C)C)C(F)C(C)(C)[C@@H]1[C@@H]2OC. The Bertz CT molecular complexity index is 894. The van der Waals surface area contributed by atoms with Crippen LogP contribution < -0.4 is 10.4 Å². The summed E-state index contributed by atoms with van der Waals surface area (Å²) in [6.07, 6.45) is -1.50. The van der Waals surface area contributed by atoms with Gasteiger partial charge in [-0.05, 0) is 15.4 Å². The zero-order valence-corrected chi connectivity index (χ0v) is 21.4. The molecule has 2 aromatic carbocycles. The summed E-state index contributed by atoms with van der Waals surface area (Å²) in [6.45, 7) is 10.9. The first kappa shape index (κ1) is 23.7. The van der Waals surface area contributed by atoms with Crippen LogP contribution in [0.3, 0.4) is 0 Å². The van der Waals surface area contributed by atoms with Crippen LogP contribution >= 0.6 is 0 Å². The van der Waals surface area contributed by atoms with E-state index in [4.69, 9.17) is 13.9 Å². The molecule has 4 rings (SSSR count). The van der Waals surface area contributed by atoms with Gasteiger partial charge >= 0.3 is 0 Å². The van der Waals surface area contributed by atoms with E-state index in [1.807, 2.05) is 33.8 Å². The van der Waals surface area contributed by atoms with Crippen molar-refractivity contribution in [2.24, 2.45) is 11.3 Å². The first-order chi connectivity index (χ1) is 15.0. The number of ether oxygens (including phenoxy) is 2. The molecule has 32 heavy (non-hydrogen) atoms. The molecule has 1 aliphatic heterocycles. The van der Waals surface area contributed by atoms with Gasteiger partial charge in [-0.25, -0.2) is 4.39 Å². The predicted molar refractivity (Wildman–Crippen MR) is 133 cm³/mol. The fourth-order valence-corrected chi connectivity index (χ4v) is 11.1. The maximum Gasteiger partial charge on any atom is 0.261 e. The smallest absolute Gasteiger partial charge is 0.261 e. The minimum absolute atomic E-state index is 0.00902. The highest BCUT2D eigenvalue weighted by molar-refractivity contribution is 6.99. The summed E-state index contributed by atoms with van der Waals surface area (Å²) in [5.41, 5.74) is -1.64. The minimum Gasteiger partial charge on any atom is -0.404 e. The maximum absolute atomic E-state index is 16.1. The molecule has 0 radical (unpaired) electrons. The van der Waals surface area contributed by atoms with E-state index < -0.39 is 25.5 Å². The van der Waals surface area contributed by atoms with Gasteiger partial charge in [-0.1, -0.05) is 95.3 Å². The second-order valence-electron chi connectivity index (χ2n) is 11.1. The molecule has 2 aliphatic rings. The Balaban J connectivity index is 1.83. The van der Waals surface area contributed by atoms with E-state index in [0.29, 0.717) is 0 Å². The zero-order valence-electron chi connectivity index (χ0n) is 20.4. The highest BCUT2D eigenvalue weighted by atomic mass is 28.4. The summed E-state index contributed by atoms with van der Waals surface area (Å²) < 4.78 is 35.5. The molecular weight excluding hydrogens is 418 g/mol. The Hall–Kier alpha value is -1.47. The summed E-state index contributed by atoms with van der Waals surface area (Å²) in [5, 5.41) is 2.18. The molecule has 2 bridgehead atoms. The lowest BCUT2D eigenvalue weighted by Crippen LogP contribution is -2.68. The summed E-state index contributed by atoms with van der Waals surface area (Å²) in [5.74, 6) is -0.00902. The van der Waals surface area contributed by atoms with Crippen molar-refractivity contribution in [1.29, 1.82) is 0 Å². The van der Waals surface area contributed by atoms with E-state index in [1.54, 1.807) is 7.11 Å². The van der Waals surface area contributed by atoms with Gasteiger partial charge < -0.3 is 13.9 Å². The third-order valence-corrected chi connectivity index (χ3v) is 12.8. The Morgan fingerprint density at radius 2 is 1.50 bits per heavy atom. The fraction of sp³-hybridized carbons (Fsp3) is 0.538. The van der Waals surface area contributed by atoms with Gasteiger partial charge in [0.25, 0.3) is 8.32 Å². The molecule has 0 spiro atoms. The number of methoxy groups -OCH3 is 1. The molecular formula is C26H36BFO3Si. The topological polar surface area (TPSA) is 27.7 Å². The summed E-state index contributed by atoms with van der Waals surface area (Å²) >= 11 is 0. The van der Waals surface area contributed by atoms with Gasteiger partial charge in [-0.3, -0.25) is 0 Å². The van der Waals surface area contributed by atoms with Crippen LogP contribution in [0.25, 0.3) is 0 Å². The summed E-state index contributed by atoms with van der Waals surface area (Å²) in [6, 6.07) is 20.8. The van der Waals surface area contributed by atoms with Crippen molar-refractivity contribution >= 4 is 26.5 Å². The Labute approximate surface area is 194 Å². The van der Waals surface area contributed by atoms with E-state index in [-0.39, 0.29) is 29.7 Å². The summed E-state index contributed by atoms with van der Waals surface area (Å²) in [4.78, 5) is 0. The van der Waals surface area contributed by atoms with E-state index in [1.165, 1.54) is 10.4 Å². The van der Waals surface area contributed by atoms with Gasteiger partial charge in [-0.2, -0.15) is 0 Å². The standard InChI is InChI=1S/C26H36BFO3Si/c1-24(2,3)32(18-13-9-7-10-14-18,19-15-11-8-12-16-19)30-17-26-21(29-6)20(22(27)31-26)25(4,5)23(26)28/h7-16,20-23H,17,27H2,1-6H3/t20-,21+,22-,23?,26-/m1/s1. The number of benzene rings is 2. The van der Waals surface area contributed by atoms with E-state index in [9.17, 15) is 0 Å². The Kier molecular flexibility index (Phi) is 5.98. The molecule has 5 atom stereocenters. The molecule has 0 aromatic heterocycles. The van der Waals surface area contributed by atoms with Crippen molar-refractivity contribution in [1.82, 2.24) is 0 Å². The quantitative estimate of drug-likeness (QED) is 0.627. The van der Waals surface area contributed by atoms with Crippen LogP contribution in [0.1, 0.15) is 34.6 Å². The lowest BCUT2D eigenvalue weighted by Gasteiger charge is -2.47. The zero-order chi connectivity index (χ0) is 23.4. The lowest BCUT2D eigenvalue weighted by atomic mass is 9.70. The average Bonchev–Trinajstić information content (AvgIpc) is 3.14. The van der Waals surface area contributed by atoms with Gasteiger partial charge in [0, 0.05) is 24.4 Å². The van der Waals surface area contributed by atoms with Crippen molar-refractivity contribution in [2.75, 3.05) is 13.7 Å². The second kappa shape index (κ2) is 8.08. The van der Waals surface area contributed by atoms with Crippen LogP contribution in [0.5, 0.6) is 0 Å². The third kappa shape index (κ3) is 3.25. The monoisotopic (exact) mass is 454 g/mol. The fourth-order valence-electron chi connectivity index (χ4n) is 6.55. The first-order valence-electron chi connectivity index (χ1n) is 11.6. The Morgan fingerprint density at radius 1 is 1.00 bits per heavy atom. The van der Waals surface area contributed by atoms with Crippen LogP contribution in [0.2, 0.25) is 5.04 Å². The molecule has 2 fully saturated rings. The normalized spacial score (nSPS) is 31.7. The Morgan fingerprint density at radius 3 is 1.94 bits per heavy atom. The highest BCUT2D eigenvalue weighted by Crippen LogP contribution is 2.60. The number of fused-ring (bicyclic) bond motifs is 2. The molecule has 0 amide bonds. The van der Waals surface area contributed by atoms with E-state index in [0.717, 1.165) is 0 Å². The summed E-state index contributed by atoms with van der Waals surface area (Å²) in [7, 11) is 0.904. The molecule has 1 saturated heterocycles. The predicted octanol–water partition coefficient (Wildman–Crippen LogP) is 3.30. The highest BCUT2D eigenvalue weighted by Gasteiger charge is 2.73. The van der Waals surface area contributed by atoms with Crippen LogP contribution in [0.15, 0.2) is 60.7 Å². The molecule has 6 heteroatoms. The molecule has 1 heterocycles. The van der Waals surface area contributed by atoms with Gasteiger partial charge in [0.1, 0.15) is 19.6 Å². The van der Waals surface area contributed by atoms with Gasteiger partial charge in [0.05, 0.1) is 12.7 Å². The minimum atomic E-state index is -2.80. The van der Waals surface area contributed by atoms with Crippen molar-refractivity contribution in [2.45, 2.75) is 63.5 Å². The maximum atomic E-state index is 16.1. The van der Waals surface area contributed by atoms with Crippen molar-refractivity contribution in [3.63, 3.8) is 0 Å². The number of hydrogen-bond acceptors (Lipinski definition) is 3. The largest absolute Gasteiger partial charge is 0.404 e. The van der Waals surface area contributed by atoms with Crippen molar-refractivity contribution in [3.8, 4) is 0 Å². The number of halogens is 1. The first-order valence-corrected chi connectivity index (χ1v) is 13.5. The molecule has 1 aliphatic carbocycles. The van der Waals surface area contributed by atoms with Crippen LogP contribution in [0, 0.1) is 11.3 Å².